The number of aromatic nitrogens is 1. The number of nitrogens with zero attached hydrogens (tertiary/aromatic N) is 2. The van der Waals surface area contributed by atoms with Crippen molar-refractivity contribution >= 4 is 11.6 Å². The standard InChI is InChI=1S/C14H22N4O/c1-9-6-17-12(10(2)13(9)15)8-18-5-3-4-11(7-18)14(16)19/h6,11H,3-5,7-8H2,1-2H3,(H2,15,17)(H2,16,19). The molecule has 5 heteroatoms. The number of aryl methyl sites for hydroxylation is 1. The lowest BCUT2D eigenvalue weighted by Crippen LogP contribution is -2.40. The number of primary amides is 1. The van der Waals surface area contributed by atoms with Crippen LogP contribution in [0.3, 0.4) is 0 Å². The van der Waals surface area contributed by atoms with E-state index in [1.807, 2.05) is 20.0 Å². The van der Waals surface area contributed by atoms with Crippen molar-refractivity contribution in [1.29, 1.82) is 0 Å². The zero-order valence-electron chi connectivity index (χ0n) is 11.6. The number of anilines is 1. The van der Waals surface area contributed by atoms with Crippen LogP contribution in [0, 0.1) is 19.8 Å². The second-order valence-corrected chi connectivity index (χ2v) is 5.40. The molecule has 0 bridgehead atoms. The van der Waals surface area contributed by atoms with Crippen LogP contribution in [-0.2, 0) is 11.3 Å². The quantitative estimate of drug-likeness (QED) is 0.850. The zero-order valence-corrected chi connectivity index (χ0v) is 11.6. The number of piperidine rings is 1. The third-order valence-electron chi connectivity index (χ3n) is 3.96. The van der Waals surface area contributed by atoms with Crippen LogP contribution < -0.4 is 11.5 Å². The van der Waals surface area contributed by atoms with E-state index in [4.69, 9.17) is 11.5 Å². The van der Waals surface area contributed by atoms with Crippen LogP contribution in [0.4, 0.5) is 5.69 Å². The first-order chi connectivity index (χ1) is 8.99. The van der Waals surface area contributed by atoms with E-state index in [2.05, 4.69) is 9.88 Å². The van der Waals surface area contributed by atoms with Gasteiger partial charge in [0.05, 0.1) is 11.6 Å². The van der Waals surface area contributed by atoms with Gasteiger partial charge in [0.25, 0.3) is 0 Å². The fourth-order valence-electron chi connectivity index (χ4n) is 2.59. The van der Waals surface area contributed by atoms with Gasteiger partial charge in [-0.3, -0.25) is 14.7 Å². The number of pyridine rings is 1. The van der Waals surface area contributed by atoms with Gasteiger partial charge in [-0.25, -0.2) is 0 Å². The summed E-state index contributed by atoms with van der Waals surface area (Å²) in [5, 5.41) is 0. The maximum absolute atomic E-state index is 11.3. The van der Waals surface area contributed by atoms with Gasteiger partial charge >= 0.3 is 0 Å². The molecule has 1 unspecified atom stereocenters. The minimum atomic E-state index is -0.196. The second kappa shape index (κ2) is 5.57. The number of nitrogens with two attached hydrogens (primary N) is 2. The molecule has 1 fully saturated rings. The van der Waals surface area contributed by atoms with Crippen LogP contribution in [0.25, 0.3) is 0 Å². The lowest BCUT2D eigenvalue weighted by Gasteiger charge is -2.31. The van der Waals surface area contributed by atoms with E-state index in [0.29, 0.717) is 0 Å². The summed E-state index contributed by atoms with van der Waals surface area (Å²) < 4.78 is 0. The highest BCUT2D eigenvalue weighted by Gasteiger charge is 2.24. The van der Waals surface area contributed by atoms with Crippen LogP contribution in [0.2, 0.25) is 0 Å². The maximum Gasteiger partial charge on any atom is 0.221 e. The smallest absolute Gasteiger partial charge is 0.221 e. The van der Waals surface area contributed by atoms with Gasteiger partial charge in [0.15, 0.2) is 0 Å². The Kier molecular flexibility index (Phi) is 4.04. The Labute approximate surface area is 114 Å². The highest BCUT2D eigenvalue weighted by atomic mass is 16.1. The average Bonchev–Trinajstić information content (AvgIpc) is 2.40. The van der Waals surface area contributed by atoms with Crippen molar-refractivity contribution in [3.05, 3.63) is 23.0 Å². The van der Waals surface area contributed by atoms with Crippen molar-refractivity contribution in [3.63, 3.8) is 0 Å². The molecular weight excluding hydrogens is 240 g/mol. The Morgan fingerprint density at radius 2 is 2.26 bits per heavy atom. The largest absolute Gasteiger partial charge is 0.398 e. The molecule has 0 spiro atoms. The molecule has 0 radical (unpaired) electrons. The third-order valence-corrected chi connectivity index (χ3v) is 3.96. The van der Waals surface area contributed by atoms with Crippen LogP contribution in [0.1, 0.15) is 29.7 Å². The molecular formula is C14H22N4O. The first kappa shape index (κ1) is 13.8. The molecule has 0 saturated carbocycles. The molecule has 19 heavy (non-hydrogen) atoms. The topological polar surface area (TPSA) is 85.2 Å². The van der Waals surface area contributed by atoms with Gasteiger partial charge in [-0.2, -0.15) is 0 Å². The fraction of sp³-hybridized carbons (Fsp3) is 0.571. The summed E-state index contributed by atoms with van der Waals surface area (Å²) in [7, 11) is 0. The SMILES string of the molecule is Cc1cnc(CN2CCCC(C(N)=O)C2)c(C)c1N. The third kappa shape index (κ3) is 3.04. The van der Waals surface area contributed by atoms with Crippen molar-refractivity contribution in [2.45, 2.75) is 33.2 Å². The Morgan fingerprint density at radius 3 is 2.95 bits per heavy atom. The number of hydrogen-bond donors (Lipinski definition) is 2. The van der Waals surface area contributed by atoms with Crippen LogP contribution >= 0.6 is 0 Å². The summed E-state index contributed by atoms with van der Waals surface area (Å²) in [6.07, 6.45) is 3.72. The Balaban J connectivity index is 2.09. The number of carbonyl (C=O) groups is 1. The van der Waals surface area contributed by atoms with Gasteiger partial charge in [-0.1, -0.05) is 0 Å². The van der Waals surface area contributed by atoms with Gasteiger partial charge in [0.1, 0.15) is 0 Å². The van der Waals surface area contributed by atoms with E-state index in [1.54, 1.807) is 0 Å². The molecule has 2 rings (SSSR count). The fourth-order valence-corrected chi connectivity index (χ4v) is 2.59. The van der Waals surface area contributed by atoms with Crippen molar-refractivity contribution in [2.75, 3.05) is 18.8 Å². The van der Waals surface area contributed by atoms with E-state index in [9.17, 15) is 4.79 Å². The van der Waals surface area contributed by atoms with Gasteiger partial charge in [-0.05, 0) is 44.4 Å². The second-order valence-electron chi connectivity index (χ2n) is 5.40. The van der Waals surface area contributed by atoms with E-state index in [0.717, 1.165) is 55.0 Å². The van der Waals surface area contributed by atoms with Crippen molar-refractivity contribution in [1.82, 2.24) is 9.88 Å². The Bertz CT molecular complexity index is 487. The normalized spacial score (nSPS) is 20.4. The van der Waals surface area contributed by atoms with Crippen molar-refractivity contribution < 1.29 is 4.79 Å². The molecule has 104 valence electrons. The van der Waals surface area contributed by atoms with Crippen molar-refractivity contribution in [2.24, 2.45) is 11.7 Å². The number of hydrogen-bond acceptors (Lipinski definition) is 4. The number of likely N-dealkylation sites (tertiary alicyclic amines) is 1. The minimum absolute atomic E-state index is 0.0307. The van der Waals surface area contributed by atoms with Crippen molar-refractivity contribution in [3.8, 4) is 0 Å². The molecule has 1 aliphatic rings. The summed E-state index contributed by atoms with van der Waals surface area (Å²) in [5.74, 6) is -0.227. The monoisotopic (exact) mass is 262 g/mol. The van der Waals surface area contributed by atoms with Crippen LogP contribution in [0.15, 0.2) is 6.20 Å². The van der Waals surface area contributed by atoms with E-state index in [1.165, 1.54) is 0 Å². The average molecular weight is 262 g/mol. The first-order valence-corrected chi connectivity index (χ1v) is 6.71. The minimum Gasteiger partial charge on any atom is -0.398 e. The maximum atomic E-state index is 11.3. The lowest BCUT2D eigenvalue weighted by atomic mass is 9.97. The summed E-state index contributed by atoms with van der Waals surface area (Å²) in [6.45, 7) is 6.41. The van der Waals surface area contributed by atoms with Gasteiger partial charge in [0.2, 0.25) is 5.91 Å². The number of carbonyl (C=O) groups excluding carboxylic acids is 1. The lowest BCUT2D eigenvalue weighted by molar-refractivity contribution is -0.123. The molecule has 2 heterocycles. The molecule has 1 atom stereocenters. The van der Waals surface area contributed by atoms with Gasteiger partial charge < -0.3 is 11.5 Å². The highest BCUT2D eigenvalue weighted by molar-refractivity contribution is 5.76. The molecule has 1 aromatic rings. The van der Waals surface area contributed by atoms with Gasteiger partial charge in [-0.15, -0.1) is 0 Å². The zero-order chi connectivity index (χ0) is 14.0. The summed E-state index contributed by atoms with van der Waals surface area (Å²) in [5.41, 5.74) is 15.3. The molecule has 1 aliphatic heterocycles. The highest BCUT2D eigenvalue weighted by Crippen LogP contribution is 2.22. The summed E-state index contributed by atoms with van der Waals surface area (Å²) in [4.78, 5) is 18.0. The number of nitrogen functional groups attached to an aromatic ring is 1. The number of amides is 1. The summed E-state index contributed by atoms with van der Waals surface area (Å²) >= 11 is 0. The number of rotatable bonds is 3. The predicted octanol–water partition coefficient (Wildman–Crippen LogP) is 0.978. The van der Waals surface area contributed by atoms with E-state index in [-0.39, 0.29) is 11.8 Å². The Morgan fingerprint density at radius 1 is 1.53 bits per heavy atom. The molecule has 1 amide bonds. The van der Waals surface area contributed by atoms with Gasteiger partial charge in [0, 0.05) is 25.0 Å². The molecule has 1 saturated heterocycles. The summed E-state index contributed by atoms with van der Waals surface area (Å²) in [6, 6.07) is 0. The molecule has 0 aromatic carbocycles. The first-order valence-electron chi connectivity index (χ1n) is 6.71. The molecule has 0 aliphatic carbocycles. The Hall–Kier alpha value is -1.62. The van der Waals surface area contributed by atoms with E-state index >= 15 is 0 Å². The van der Waals surface area contributed by atoms with E-state index < -0.39 is 0 Å². The van der Waals surface area contributed by atoms with Crippen LogP contribution in [0.5, 0.6) is 0 Å². The van der Waals surface area contributed by atoms with Crippen LogP contribution in [-0.4, -0.2) is 28.9 Å². The predicted molar refractivity (Wildman–Crippen MR) is 75.3 cm³/mol. The molecule has 5 nitrogen and oxygen atoms in total. The molecule has 4 N–H and O–H groups in total. The molecule has 1 aromatic heterocycles.